The number of amides is 1. The fourth-order valence-electron chi connectivity index (χ4n) is 5.25. The number of para-hydroxylation sites is 1. The van der Waals surface area contributed by atoms with Gasteiger partial charge in [-0.15, -0.1) is 0 Å². The molecule has 2 aromatic carbocycles. The first-order valence-corrected chi connectivity index (χ1v) is 11.3. The van der Waals surface area contributed by atoms with Gasteiger partial charge in [0, 0.05) is 49.1 Å². The number of rotatable bonds is 2. The third-order valence-corrected chi connectivity index (χ3v) is 6.83. The lowest BCUT2D eigenvalue weighted by molar-refractivity contribution is -0.236. The van der Waals surface area contributed by atoms with E-state index in [-0.39, 0.29) is 18.1 Å². The summed E-state index contributed by atoms with van der Waals surface area (Å²) < 4.78 is 12.8. The zero-order chi connectivity index (χ0) is 22.7. The van der Waals surface area contributed by atoms with Gasteiger partial charge in [-0.05, 0) is 24.6 Å². The van der Waals surface area contributed by atoms with Crippen molar-refractivity contribution >= 4 is 11.6 Å². The zero-order valence-electron chi connectivity index (χ0n) is 18.9. The number of aryl methyl sites for hydroxylation is 1. The molecule has 6 nitrogen and oxygen atoms in total. The minimum Gasteiger partial charge on any atom is -0.458 e. The smallest absolute Gasteiger partial charge is 0.240 e. The van der Waals surface area contributed by atoms with Crippen molar-refractivity contribution in [2.75, 3.05) is 0 Å². The van der Waals surface area contributed by atoms with Crippen molar-refractivity contribution in [2.45, 2.75) is 51.5 Å². The molecule has 0 aliphatic carbocycles. The molecule has 3 unspecified atom stereocenters. The van der Waals surface area contributed by atoms with Crippen molar-refractivity contribution in [3.8, 4) is 5.75 Å². The number of fused-ring (bicyclic) bond motifs is 6. The first-order chi connectivity index (χ1) is 15.9. The maximum Gasteiger partial charge on any atom is 0.240 e. The molecule has 0 spiro atoms. The molecule has 1 amide bonds. The topological polar surface area (TPSA) is 64.0 Å². The lowest BCUT2D eigenvalue weighted by atomic mass is 9.88. The summed E-state index contributed by atoms with van der Waals surface area (Å²) in [7, 11) is 0. The van der Waals surface area contributed by atoms with Crippen molar-refractivity contribution in [1.29, 1.82) is 0 Å². The van der Waals surface area contributed by atoms with Gasteiger partial charge in [0.1, 0.15) is 5.75 Å². The molecule has 166 valence electrons. The van der Waals surface area contributed by atoms with Gasteiger partial charge in [-0.25, -0.2) is 5.01 Å². The van der Waals surface area contributed by atoms with E-state index in [1.807, 2.05) is 62.4 Å². The number of carbonyl (C=O) groups is 1. The molecule has 2 bridgehead atoms. The van der Waals surface area contributed by atoms with Crippen LogP contribution in [0.15, 0.2) is 65.8 Å². The summed E-state index contributed by atoms with van der Waals surface area (Å²) >= 11 is 0. The second-order valence-electron chi connectivity index (χ2n) is 9.05. The molecule has 3 aliphatic rings. The third-order valence-electron chi connectivity index (χ3n) is 6.83. The number of pyridine rings is 1. The molecule has 1 aromatic heterocycles. The molecule has 0 fully saturated rings. The van der Waals surface area contributed by atoms with Crippen molar-refractivity contribution < 1.29 is 14.3 Å². The van der Waals surface area contributed by atoms with Gasteiger partial charge in [-0.3, -0.25) is 9.78 Å². The Hall–Kier alpha value is -3.51. The quantitative estimate of drug-likeness (QED) is 0.566. The van der Waals surface area contributed by atoms with Gasteiger partial charge in [0.25, 0.3) is 0 Å². The van der Waals surface area contributed by atoms with Crippen LogP contribution in [0.25, 0.3) is 0 Å². The number of carbonyl (C=O) groups excluding carboxylic acids is 1. The molecule has 6 rings (SSSR count). The Labute approximate surface area is 192 Å². The van der Waals surface area contributed by atoms with Crippen LogP contribution in [0.5, 0.6) is 5.75 Å². The fourth-order valence-corrected chi connectivity index (χ4v) is 5.25. The first-order valence-electron chi connectivity index (χ1n) is 11.3. The SMILES string of the molecule is CC(=O)N1N=C(c2cc3c(nc2C)CC2OC3(C)Oc3ccccc32)CC1c1ccccc1. The number of nitrogens with zero attached hydrogens (tertiary/aromatic N) is 3. The molecule has 0 radical (unpaired) electrons. The van der Waals surface area contributed by atoms with E-state index in [9.17, 15) is 4.79 Å². The largest absolute Gasteiger partial charge is 0.458 e. The van der Waals surface area contributed by atoms with Crippen LogP contribution in [-0.2, 0) is 21.7 Å². The van der Waals surface area contributed by atoms with Crippen LogP contribution < -0.4 is 4.74 Å². The van der Waals surface area contributed by atoms with Crippen molar-refractivity contribution in [2.24, 2.45) is 5.10 Å². The van der Waals surface area contributed by atoms with Gasteiger partial charge in [-0.2, -0.15) is 5.10 Å². The van der Waals surface area contributed by atoms with Crippen LogP contribution in [0.4, 0.5) is 0 Å². The van der Waals surface area contributed by atoms with Crippen molar-refractivity contribution in [3.05, 3.63) is 94.3 Å². The first kappa shape index (κ1) is 20.1. The maximum atomic E-state index is 12.4. The Morgan fingerprint density at radius 3 is 2.64 bits per heavy atom. The van der Waals surface area contributed by atoms with E-state index in [0.29, 0.717) is 12.8 Å². The Bertz CT molecular complexity index is 1300. The van der Waals surface area contributed by atoms with E-state index in [2.05, 4.69) is 12.1 Å². The third kappa shape index (κ3) is 3.16. The summed E-state index contributed by atoms with van der Waals surface area (Å²) in [5.41, 5.74) is 6.74. The monoisotopic (exact) mass is 439 g/mol. The van der Waals surface area contributed by atoms with Gasteiger partial charge in [0.2, 0.25) is 11.7 Å². The Morgan fingerprint density at radius 1 is 1.09 bits per heavy atom. The van der Waals surface area contributed by atoms with Gasteiger partial charge < -0.3 is 9.47 Å². The highest BCUT2D eigenvalue weighted by atomic mass is 16.7. The second-order valence-corrected chi connectivity index (χ2v) is 9.05. The standard InChI is InChI=1S/C27H25N3O3/c1-16-20(22-14-24(30(29-22)17(2)31)18-9-5-4-6-10-18)13-21-23(28-16)15-26-19-11-7-8-12-25(19)32-27(21,3)33-26/h4-13,24,26H,14-15H2,1-3H3. The average molecular weight is 440 g/mol. The summed E-state index contributed by atoms with van der Waals surface area (Å²) in [6.07, 6.45) is 1.25. The minimum atomic E-state index is -0.916. The number of hydrazone groups is 1. The number of hydrogen-bond donors (Lipinski definition) is 0. The normalized spacial score (nSPS) is 25.1. The van der Waals surface area contributed by atoms with Gasteiger partial charge >= 0.3 is 0 Å². The number of benzene rings is 2. The molecule has 3 atom stereocenters. The highest BCUT2D eigenvalue weighted by Gasteiger charge is 2.46. The van der Waals surface area contributed by atoms with Crippen LogP contribution in [0.3, 0.4) is 0 Å². The molecule has 4 heterocycles. The summed E-state index contributed by atoms with van der Waals surface area (Å²) in [5, 5.41) is 6.33. The molecule has 3 aliphatic heterocycles. The Kier molecular flexibility index (Phi) is 4.42. The molecular weight excluding hydrogens is 414 g/mol. The maximum absolute atomic E-state index is 12.4. The van der Waals surface area contributed by atoms with E-state index >= 15 is 0 Å². The van der Waals surface area contributed by atoms with Crippen LogP contribution in [0, 0.1) is 6.92 Å². The van der Waals surface area contributed by atoms with Gasteiger partial charge in [0.15, 0.2) is 0 Å². The molecule has 6 heteroatoms. The lowest BCUT2D eigenvalue weighted by Crippen LogP contribution is -2.43. The summed E-state index contributed by atoms with van der Waals surface area (Å²) in [5.74, 6) is -0.137. The van der Waals surface area contributed by atoms with Crippen LogP contribution in [0.1, 0.15) is 66.1 Å². The number of ether oxygens (including phenoxy) is 2. The van der Waals surface area contributed by atoms with E-state index < -0.39 is 5.79 Å². The lowest BCUT2D eigenvalue weighted by Gasteiger charge is -2.44. The van der Waals surface area contributed by atoms with Crippen LogP contribution >= 0.6 is 0 Å². The van der Waals surface area contributed by atoms with E-state index in [1.165, 1.54) is 0 Å². The van der Waals surface area contributed by atoms with E-state index in [4.69, 9.17) is 19.6 Å². The Morgan fingerprint density at radius 2 is 1.85 bits per heavy atom. The van der Waals surface area contributed by atoms with Crippen LogP contribution in [-0.4, -0.2) is 21.6 Å². The minimum absolute atomic E-state index is 0.0761. The van der Waals surface area contributed by atoms with E-state index in [1.54, 1.807) is 11.9 Å². The van der Waals surface area contributed by atoms with Crippen molar-refractivity contribution in [3.63, 3.8) is 0 Å². The molecule has 33 heavy (non-hydrogen) atoms. The summed E-state index contributed by atoms with van der Waals surface area (Å²) in [4.78, 5) is 17.4. The van der Waals surface area contributed by atoms with Crippen LogP contribution in [0.2, 0.25) is 0 Å². The Balaban J connectivity index is 1.41. The van der Waals surface area contributed by atoms with E-state index in [0.717, 1.165) is 45.1 Å². The number of aromatic nitrogens is 1. The highest BCUT2D eigenvalue weighted by molar-refractivity contribution is 6.04. The molecule has 3 aromatic rings. The summed E-state index contributed by atoms with van der Waals surface area (Å²) in [6, 6.07) is 20.1. The predicted octanol–water partition coefficient (Wildman–Crippen LogP) is 4.97. The molecule has 0 N–H and O–H groups in total. The highest BCUT2D eigenvalue weighted by Crippen LogP contribution is 2.49. The summed E-state index contributed by atoms with van der Waals surface area (Å²) in [6.45, 7) is 5.52. The van der Waals surface area contributed by atoms with Crippen molar-refractivity contribution in [1.82, 2.24) is 9.99 Å². The molecule has 0 saturated heterocycles. The van der Waals surface area contributed by atoms with Gasteiger partial charge in [0.05, 0.1) is 23.6 Å². The second kappa shape index (κ2) is 7.25. The van der Waals surface area contributed by atoms with Gasteiger partial charge in [-0.1, -0.05) is 48.5 Å². The fraction of sp³-hybridized carbons (Fsp3) is 0.296. The average Bonchev–Trinajstić information content (AvgIpc) is 3.25. The predicted molar refractivity (Wildman–Crippen MR) is 124 cm³/mol. The molecule has 0 saturated carbocycles. The molecular formula is C27H25N3O3. The number of hydrogen-bond acceptors (Lipinski definition) is 5. The zero-order valence-corrected chi connectivity index (χ0v) is 18.9.